The minimum atomic E-state index is -0.317. The molecule has 1 aromatic rings. The van der Waals surface area contributed by atoms with E-state index in [1.807, 2.05) is 30.0 Å². The molecule has 0 saturated carbocycles. The standard InChI is InChI=1S/C22H31N3O4/c1-3-18-13-17(26)14-22(29-18)6-9-24(10-7-22)20(27)16-5-4-15(2)19(12-16)25-11-8-23-21(25)28/h4-5,12,17-18,26H,3,6-11,13-14H2,1-2H3,(H,23,28)/t17-,18+/m1/s1. The average Bonchev–Trinajstić information content (AvgIpc) is 3.13. The van der Waals surface area contributed by atoms with Gasteiger partial charge in [0.05, 0.1) is 17.8 Å². The maximum atomic E-state index is 13.1. The van der Waals surface area contributed by atoms with Crippen LogP contribution in [-0.4, -0.2) is 65.9 Å². The molecule has 0 aromatic heterocycles. The Balaban J connectivity index is 1.45. The number of amides is 3. The Labute approximate surface area is 172 Å². The van der Waals surface area contributed by atoms with Crippen LogP contribution in [0, 0.1) is 6.92 Å². The van der Waals surface area contributed by atoms with Gasteiger partial charge in [-0.15, -0.1) is 0 Å². The van der Waals surface area contributed by atoms with E-state index in [9.17, 15) is 14.7 Å². The summed E-state index contributed by atoms with van der Waals surface area (Å²) < 4.78 is 6.33. The number of nitrogens with one attached hydrogen (secondary N) is 1. The highest BCUT2D eigenvalue weighted by Crippen LogP contribution is 2.38. The van der Waals surface area contributed by atoms with Crippen molar-refractivity contribution in [2.24, 2.45) is 0 Å². The molecule has 3 heterocycles. The topological polar surface area (TPSA) is 82.1 Å². The van der Waals surface area contributed by atoms with Gasteiger partial charge in [0, 0.05) is 43.9 Å². The molecule has 3 fully saturated rings. The molecule has 0 unspecified atom stereocenters. The van der Waals surface area contributed by atoms with Gasteiger partial charge in [0.25, 0.3) is 5.91 Å². The summed E-state index contributed by atoms with van der Waals surface area (Å²) in [5.41, 5.74) is 2.08. The number of hydrogen-bond acceptors (Lipinski definition) is 4. The Hall–Kier alpha value is -2.12. The molecule has 29 heavy (non-hydrogen) atoms. The average molecular weight is 402 g/mol. The van der Waals surface area contributed by atoms with E-state index in [-0.39, 0.29) is 29.7 Å². The monoisotopic (exact) mass is 401 g/mol. The van der Waals surface area contributed by atoms with Crippen molar-refractivity contribution in [1.82, 2.24) is 10.2 Å². The zero-order valence-corrected chi connectivity index (χ0v) is 17.3. The molecule has 4 rings (SSSR count). The number of aryl methyl sites for hydroxylation is 1. The molecule has 0 aliphatic carbocycles. The van der Waals surface area contributed by atoms with Crippen LogP contribution in [0.2, 0.25) is 0 Å². The second-order valence-electron chi connectivity index (χ2n) is 8.60. The lowest BCUT2D eigenvalue weighted by Gasteiger charge is -2.47. The summed E-state index contributed by atoms with van der Waals surface area (Å²) in [6.07, 6.45) is 3.55. The highest BCUT2D eigenvalue weighted by molar-refractivity contribution is 5.99. The van der Waals surface area contributed by atoms with Crippen LogP contribution in [0.1, 0.15) is 54.9 Å². The summed E-state index contributed by atoms with van der Waals surface area (Å²) in [5, 5.41) is 13.1. The Bertz CT molecular complexity index is 788. The van der Waals surface area contributed by atoms with Crippen molar-refractivity contribution < 1.29 is 19.4 Å². The lowest BCUT2D eigenvalue weighted by molar-refractivity contribution is -0.179. The number of piperidine rings is 1. The Morgan fingerprint density at radius 1 is 1.31 bits per heavy atom. The van der Waals surface area contributed by atoms with Crippen molar-refractivity contribution in [3.63, 3.8) is 0 Å². The van der Waals surface area contributed by atoms with Gasteiger partial charge in [0.2, 0.25) is 0 Å². The first-order valence-electron chi connectivity index (χ1n) is 10.7. The molecule has 3 amide bonds. The van der Waals surface area contributed by atoms with E-state index in [1.165, 1.54) is 0 Å². The molecule has 1 spiro atoms. The summed E-state index contributed by atoms with van der Waals surface area (Å²) in [4.78, 5) is 28.7. The minimum absolute atomic E-state index is 0.0101. The lowest BCUT2D eigenvalue weighted by atomic mass is 9.81. The number of aliphatic hydroxyl groups excluding tert-OH is 1. The first-order valence-corrected chi connectivity index (χ1v) is 10.7. The molecule has 3 aliphatic heterocycles. The van der Waals surface area contributed by atoms with Gasteiger partial charge in [0.15, 0.2) is 0 Å². The van der Waals surface area contributed by atoms with Crippen molar-refractivity contribution in [3.05, 3.63) is 29.3 Å². The number of rotatable bonds is 3. The van der Waals surface area contributed by atoms with Crippen LogP contribution in [0.4, 0.5) is 10.5 Å². The lowest BCUT2D eigenvalue weighted by Crippen LogP contribution is -2.53. The normalized spacial score (nSPS) is 26.7. The van der Waals surface area contributed by atoms with Gasteiger partial charge in [-0.2, -0.15) is 0 Å². The van der Waals surface area contributed by atoms with E-state index in [1.54, 1.807) is 4.90 Å². The molecule has 7 nitrogen and oxygen atoms in total. The number of carbonyl (C=O) groups excluding carboxylic acids is 2. The summed E-state index contributed by atoms with van der Waals surface area (Å²) in [6, 6.07) is 5.47. The maximum absolute atomic E-state index is 13.1. The van der Waals surface area contributed by atoms with Crippen molar-refractivity contribution in [2.75, 3.05) is 31.1 Å². The van der Waals surface area contributed by atoms with E-state index in [4.69, 9.17) is 4.74 Å². The smallest absolute Gasteiger partial charge is 0.322 e. The van der Waals surface area contributed by atoms with Crippen LogP contribution in [0.25, 0.3) is 0 Å². The quantitative estimate of drug-likeness (QED) is 0.815. The largest absolute Gasteiger partial charge is 0.393 e. The van der Waals surface area contributed by atoms with Crippen molar-refractivity contribution in [1.29, 1.82) is 0 Å². The maximum Gasteiger partial charge on any atom is 0.322 e. The van der Waals surface area contributed by atoms with Gasteiger partial charge in [-0.05, 0) is 50.3 Å². The van der Waals surface area contributed by atoms with Gasteiger partial charge in [0.1, 0.15) is 0 Å². The van der Waals surface area contributed by atoms with Crippen LogP contribution in [0.15, 0.2) is 18.2 Å². The number of urea groups is 1. The van der Waals surface area contributed by atoms with E-state index >= 15 is 0 Å². The molecule has 158 valence electrons. The molecule has 1 aromatic carbocycles. The first-order chi connectivity index (χ1) is 13.9. The zero-order chi connectivity index (χ0) is 20.6. The highest BCUT2D eigenvalue weighted by Gasteiger charge is 2.43. The number of anilines is 1. The van der Waals surface area contributed by atoms with Crippen LogP contribution in [0.5, 0.6) is 0 Å². The van der Waals surface area contributed by atoms with Gasteiger partial charge in [-0.1, -0.05) is 13.0 Å². The highest BCUT2D eigenvalue weighted by atomic mass is 16.5. The summed E-state index contributed by atoms with van der Waals surface area (Å²) in [6.45, 7) is 6.52. The summed E-state index contributed by atoms with van der Waals surface area (Å²) in [7, 11) is 0. The van der Waals surface area contributed by atoms with E-state index < -0.39 is 0 Å². The zero-order valence-electron chi connectivity index (χ0n) is 17.3. The van der Waals surface area contributed by atoms with Crippen LogP contribution in [0.3, 0.4) is 0 Å². The van der Waals surface area contributed by atoms with Crippen molar-refractivity contribution in [3.8, 4) is 0 Å². The molecule has 3 saturated heterocycles. The van der Waals surface area contributed by atoms with Gasteiger partial charge >= 0.3 is 6.03 Å². The molecule has 0 radical (unpaired) electrons. The van der Waals surface area contributed by atoms with E-state index in [2.05, 4.69) is 12.2 Å². The summed E-state index contributed by atoms with van der Waals surface area (Å²) in [5.74, 6) is -0.0101. The predicted octanol–water partition coefficient (Wildman–Crippen LogP) is 2.45. The molecule has 3 aliphatic rings. The predicted molar refractivity (Wildman–Crippen MR) is 110 cm³/mol. The van der Waals surface area contributed by atoms with Crippen molar-refractivity contribution >= 4 is 17.6 Å². The number of hydrogen-bond donors (Lipinski definition) is 2. The van der Waals surface area contributed by atoms with Crippen LogP contribution < -0.4 is 10.2 Å². The second kappa shape index (κ2) is 7.95. The Morgan fingerprint density at radius 2 is 2.07 bits per heavy atom. The number of ether oxygens (including phenoxy) is 1. The second-order valence-corrected chi connectivity index (χ2v) is 8.60. The first kappa shape index (κ1) is 20.2. The van der Waals surface area contributed by atoms with Crippen LogP contribution in [-0.2, 0) is 4.74 Å². The third-order valence-corrected chi connectivity index (χ3v) is 6.58. The number of aliphatic hydroxyl groups is 1. The third kappa shape index (κ3) is 3.98. The fourth-order valence-corrected chi connectivity index (χ4v) is 4.87. The SMILES string of the molecule is CC[C@H]1C[C@@H](O)CC2(CCN(C(=O)c3ccc(C)c(N4CCNC4=O)c3)CC2)O1. The number of likely N-dealkylation sites (tertiary alicyclic amines) is 1. The fourth-order valence-electron chi connectivity index (χ4n) is 4.87. The molecular formula is C22H31N3O4. The van der Waals surface area contributed by atoms with E-state index in [0.717, 1.165) is 30.5 Å². The Kier molecular flexibility index (Phi) is 5.53. The fraction of sp³-hybridized carbons (Fsp3) is 0.636. The molecule has 2 atom stereocenters. The molecule has 7 heteroatoms. The number of nitrogens with zero attached hydrogens (tertiary/aromatic N) is 2. The van der Waals surface area contributed by atoms with Crippen LogP contribution >= 0.6 is 0 Å². The number of benzene rings is 1. The van der Waals surface area contributed by atoms with E-state index in [0.29, 0.717) is 44.6 Å². The van der Waals surface area contributed by atoms with Gasteiger partial charge in [-0.3, -0.25) is 9.69 Å². The third-order valence-electron chi connectivity index (χ3n) is 6.58. The van der Waals surface area contributed by atoms with Crippen molar-refractivity contribution in [2.45, 2.75) is 63.8 Å². The van der Waals surface area contributed by atoms with Gasteiger partial charge in [-0.25, -0.2) is 4.79 Å². The Morgan fingerprint density at radius 3 is 2.72 bits per heavy atom. The minimum Gasteiger partial charge on any atom is -0.393 e. The molecular weight excluding hydrogens is 370 g/mol. The summed E-state index contributed by atoms with van der Waals surface area (Å²) >= 11 is 0. The molecule has 2 N–H and O–H groups in total. The van der Waals surface area contributed by atoms with Gasteiger partial charge < -0.3 is 20.1 Å². The molecule has 0 bridgehead atoms. The number of carbonyl (C=O) groups is 2.